The number of hydrogen-bond donors (Lipinski definition) is 1. The van der Waals surface area contributed by atoms with Gasteiger partial charge in [-0.1, -0.05) is 6.92 Å². The van der Waals surface area contributed by atoms with Crippen LogP contribution in [0.3, 0.4) is 0 Å². The number of halogens is 1. The largest absolute Gasteiger partial charge is 0.311 e. The van der Waals surface area contributed by atoms with Gasteiger partial charge in [-0.3, -0.25) is 4.68 Å². The minimum atomic E-state index is 0.756. The molecular formula is C10H13IN4S. The summed E-state index contributed by atoms with van der Waals surface area (Å²) in [5.74, 6) is 0. The molecule has 0 aliphatic carbocycles. The summed E-state index contributed by atoms with van der Waals surface area (Å²) in [6.07, 6.45) is 3.87. The van der Waals surface area contributed by atoms with E-state index in [0.29, 0.717) is 0 Å². The maximum Gasteiger partial charge on any atom is 0.107 e. The molecule has 1 N–H and O–H groups in total. The predicted octanol–water partition coefficient (Wildman–Crippen LogP) is 2.10. The van der Waals surface area contributed by atoms with Gasteiger partial charge in [0.25, 0.3) is 0 Å². The Morgan fingerprint density at radius 3 is 3.12 bits per heavy atom. The van der Waals surface area contributed by atoms with E-state index in [1.54, 1.807) is 11.3 Å². The van der Waals surface area contributed by atoms with Gasteiger partial charge in [0, 0.05) is 18.1 Å². The van der Waals surface area contributed by atoms with Crippen molar-refractivity contribution in [1.82, 2.24) is 20.1 Å². The lowest BCUT2D eigenvalue weighted by atomic mass is 10.5. The van der Waals surface area contributed by atoms with Gasteiger partial charge in [0.2, 0.25) is 0 Å². The van der Waals surface area contributed by atoms with Crippen LogP contribution >= 0.6 is 33.9 Å². The van der Waals surface area contributed by atoms with Crippen LogP contribution in [0.5, 0.6) is 0 Å². The number of rotatable bonds is 5. The van der Waals surface area contributed by atoms with E-state index in [-0.39, 0.29) is 0 Å². The second-order valence-electron chi connectivity index (χ2n) is 3.37. The summed E-state index contributed by atoms with van der Waals surface area (Å²) in [6, 6.07) is 0. The van der Waals surface area contributed by atoms with Crippen molar-refractivity contribution in [3.05, 3.63) is 32.0 Å². The number of thiazole rings is 1. The van der Waals surface area contributed by atoms with Crippen LogP contribution in [-0.2, 0) is 13.1 Å². The minimum Gasteiger partial charge on any atom is -0.311 e. The first-order valence-electron chi connectivity index (χ1n) is 5.10. The first kappa shape index (κ1) is 12.0. The van der Waals surface area contributed by atoms with Crippen LogP contribution in [0.15, 0.2) is 17.8 Å². The van der Waals surface area contributed by atoms with Crippen LogP contribution in [0, 0.1) is 3.57 Å². The zero-order valence-electron chi connectivity index (χ0n) is 8.98. The average molecular weight is 348 g/mol. The molecule has 0 bridgehead atoms. The Bertz CT molecular complexity index is 451. The van der Waals surface area contributed by atoms with E-state index in [1.165, 1.54) is 0 Å². The highest BCUT2D eigenvalue weighted by Crippen LogP contribution is 2.11. The lowest BCUT2D eigenvalue weighted by molar-refractivity contribution is 0.667. The monoisotopic (exact) mass is 348 g/mol. The number of aromatic nitrogens is 3. The summed E-state index contributed by atoms with van der Waals surface area (Å²) >= 11 is 3.95. The summed E-state index contributed by atoms with van der Waals surface area (Å²) in [5.41, 5.74) is 1.08. The highest BCUT2D eigenvalue weighted by molar-refractivity contribution is 14.1. The molecule has 0 saturated heterocycles. The molecule has 2 aromatic rings. The summed E-state index contributed by atoms with van der Waals surface area (Å²) in [7, 11) is 0. The summed E-state index contributed by atoms with van der Waals surface area (Å²) < 4.78 is 3.06. The van der Waals surface area contributed by atoms with Gasteiger partial charge in [0.05, 0.1) is 22.0 Å². The van der Waals surface area contributed by atoms with Crippen molar-refractivity contribution >= 4 is 33.9 Å². The molecule has 0 atom stereocenters. The van der Waals surface area contributed by atoms with Crippen LogP contribution in [-0.4, -0.2) is 21.3 Å². The van der Waals surface area contributed by atoms with Crippen LogP contribution in [0.25, 0.3) is 0 Å². The Kier molecular flexibility index (Phi) is 4.30. The van der Waals surface area contributed by atoms with E-state index in [1.807, 2.05) is 17.1 Å². The second-order valence-corrected chi connectivity index (χ2v) is 5.56. The zero-order valence-corrected chi connectivity index (χ0v) is 12.0. The Morgan fingerprint density at radius 1 is 1.56 bits per heavy atom. The molecular weight excluding hydrogens is 335 g/mol. The highest BCUT2D eigenvalue weighted by atomic mass is 127. The summed E-state index contributed by atoms with van der Waals surface area (Å²) in [5, 5.41) is 10.7. The van der Waals surface area contributed by atoms with E-state index in [2.05, 4.69) is 50.3 Å². The zero-order chi connectivity index (χ0) is 11.4. The quantitative estimate of drug-likeness (QED) is 0.842. The maximum atomic E-state index is 4.55. The summed E-state index contributed by atoms with van der Waals surface area (Å²) in [4.78, 5) is 4.55. The molecule has 0 aliphatic heterocycles. The highest BCUT2D eigenvalue weighted by Gasteiger charge is 2.03. The molecule has 0 aliphatic rings. The third-order valence-electron chi connectivity index (χ3n) is 2.05. The minimum absolute atomic E-state index is 0.756. The van der Waals surface area contributed by atoms with Gasteiger partial charge < -0.3 is 5.32 Å². The van der Waals surface area contributed by atoms with E-state index < -0.39 is 0 Å². The van der Waals surface area contributed by atoms with Crippen molar-refractivity contribution in [2.24, 2.45) is 0 Å². The Balaban J connectivity index is 1.97. The van der Waals surface area contributed by atoms with Gasteiger partial charge in [0.1, 0.15) is 5.01 Å². The van der Waals surface area contributed by atoms with Crippen LogP contribution in [0.4, 0.5) is 0 Å². The SMILES string of the molecule is CCNCc1nc(Cn2cc(I)cn2)cs1. The third kappa shape index (κ3) is 3.26. The number of hydrogen-bond acceptors (Lipinski definition) is 4. The molecule has 0 spiro atoms. The topological polar surface area (TPSA) is 42.7 Å². The second kappa shape index (κ2) is 5.74. The smallest absolute Gasteiger partial charge is 0.107 e. The van der Waals surface area contributed by atoms with Gasteiger partial charge in [-0.2, -0.15) is 5.10 Å². The molecule has 0 fully saturated rings. The van der Waals surface area contributed by atoms with Crippen molar-refractivity contribution in [3.8, 4) is 0 Å². The average Bonchev–Trinajstić information content (AvgIpc) is 2.86. The molecule has 6 heteroatoms. The molecule has 0 amide bonds. The van der Waals surface area contributed by atoms with Crippen molar-refractivity contribution in [1.29, 1.82) is 0 Å². The molecule has 2 rings (SSSR count). The summed E-state index contributed by atoms with van der Waals surface area (Å²) in [6.45, 7) is 4.69. The molecule has 86 valence electrons. The molecule has 2 heterocycles. The lowest BCUT2D eigenvalue weighted by Gasteiger charge is -1.97. The lowest BCUT2D eigenvalue weighted by Crippen LogP contribution is -2.11. The fourth-order valence-electron chi connectivity index (χ4n) is 1.33. The Hall–Kier alpha value is -0.470. The van der Waals surface area contributed by atoms with Crippen molar-refractivity contribution in [2.45, 2.75) is 20.0 Å². The van der Waals surface area contributed by atoms with Gasteiger partial charge in [0.15, 0.2) is 0 Å². The van der Waals surface area contributed by atoms with E-state index in [0.717, 1.165) is 33.9 Å². The molecule has 0 unspecified atom stereocenters. The Morgan fingerprint density at radius 2 is 2.44 bits per heavy atom. The first-order valence-corrected chi connectivity index (χ1v) is 7.05. The maximum absolute atomic E-state index is 4.55. The molecule has 2 aromatic heterocycles. The van der Waals surface area contributed by atoms with Gasteiger partial charge >= 0.3 is 0 Å². The van der Waals surface area contributed by atoms with Crippen molar-refractivity contribution in [3.63, 3.8) is 0 Å². The standard InChI is InChI=1S/C10H13IN4S/c1-2-12-4-10-14-9(7-16-10)6-15-5-8(11)3-13-15/h3,5,7,12H,2,4,6H2,1H3. The van der Waals surface area contributed by atoms with E-state index in [4.69, 9.17) is 0 Å². The van der Waals surface area contributed by atoms with Crippen LogP contribution < -0.4 is 5.32 Å². The van der Waals surface area contributed by atoms with Gasteiger partial charge in [-0.05, 0) is 29.1 Å². The van der Waals surface area contributed by atoms with Gasteiger partial charge in [-0.25, -0.2) is 4.98 Å². The van der Waals surface area contributed by atoms with Crippen LogP contribution in [0.1, 0.15) is 17.6 Å². The Labute approximate surface area is 112 Å². The first-order chi connectivity index (χ1) is 7.78. The van der Waals surface area contributed by atoms with E-state index >= 15 is 0 Å². The molecule has 4 nitrogen and oxygen atoms in total. The molecule has 0 aromatic carbocycles. The van der Waals surface area contributed by atoms with Crippen molar-refractivity contribution in [2.75, 3.05) is 6.54 Å². The number of nitrogens with zero attached hydrogens (tertiary/aromatic N) is 3. The van der Waals surface area contributed by atoms with Gasteiger partial charge in [-0.15, -0.1) is 11.3 Å². The fraction of sp³-hybridized carbons (Fsp3) is 0.400. The predicted molar refractivity (Wildman–Crippen MR) is 73.5 cm³/mol. The van der Waals surface area contributed by atoms with Crippen molar-refractivity contribution < 1.29 is 0 Å². The van der Waals surface area contributed by atoms with E-state index in [9.17, 15) is 0 Å². The molecule has 0 saturated carbocycles. The van der Waals surface area contributed by atoms with Crippen LogP contribution in [0.2, 0.25) is 0 Å². The molecule has 16 heavy (non-hydrogen) atoms. The third-order valence-corrected chi connectivity index (χ3v) is 3.51. The molecule has 0 radical (unpaired) electrons. The normalized spacial score (nSPS) is 10.9. The number of nitrogens with one attached hydrogen (secondary N) is 1. The fourth-order valence-corrected chi connectivity index (χ4v) is 2.53.